The van der Waals surface area contributed by atoms with Gasteiger partial charge in [0.25, 0.3) is 0 Å². The molecule has 0 spiro atoms. The summed E-state index contributed by atoms with van der Waals surface area (Å²) in [6, 6.07) is 0. The summed E-state index contributed by atoms with van der Waals surface area (Å²) in [5, 5.41) is 0. The third kappa shape index (κ3) is 8.35. The van der Waals surface area contributed by atoms with Crippen LogP contribution in [-0.2, 0) is 9.36 Å². The van der Waals surface area contributed by atoms with Crippen LogP contribution in [0.15, 0.2) is 34.9 Å². The van der Waals surface area contributed by atoms with Gasteiger partial charge in [0.05, 0.1) is 0 Å². The lowest BCUT2D eigenvalue weighted by atomic mass is 10.1. The van der Waals surface area contributed by atoms with Crippen molar-refractivity contribution in [1.29, 1.82) is 0 Å². The number of hydrogen-bond acceptors (Lipinski definition) is 4. The Balaban J connectivity index is 4.55. The van der Waals surface area contributed by atoms with Crippen molar-refractivity contribution in [2.24, 2.45) is 0 Å². The molecule has 0 unspecified atom stereocenters. The normalized spacial score (nSPS) is 13.9. The molecule has 0 saturated carbocycles. The molecule has 23 heavy (non-hydrogen) atoms. The Hall–Kier alpha value is -1.10. The van der Waals surface area contributed by atoms with E-state index in [1.54, 1.807) is 0 Å². The third-order valence-corrected chi connectivity index (χ3v) is 4.05. The van der Waals surface area contributed by atoms with Crippen LogP contribution >= 0.6 is 7.60 Å². The first kappa shape index (κ1) is 21.9. The minimum atomic E-state index is -6.29. The van der Waals surface area contributed by atoms with E-state index >= 15 is 0 Å². The Morgan fingerprint density at radius 3 is 1.96 bits per heavy atom. The van der Waals surface area contributed by atoms with Crippen LogP contribution in [0.25, 0.3) is 0 Å². The van der Waals surface area contributed by atoms with Gasteiger partial charge in [-0.25, -0.2) is 0 Å². The van der Waals surface area contributed by atoms with Gasteiger partial charge in [0.1, 0.15) is 0 Å². The summed E-state index contributed by atoms with van der Waals surface area (Å²) in [4.78, 5) is 32.0. The van der Waals surface area contributed by atoms with E-state index in [0.29, 0.717) is 24.5 Å². The van der Waals surface area contributed by atoms with Crippen molar-refractivity contribution in [3.8, 4) is 0 Å². The molecule has 0 amide bonds. The van der Waals surface area contributed by atoms with Gasteiger partial charge in [0.15, 0.2) is 0 Å². The van der Waals surface area contributed by atoms with Crippen LogP contribution in [0.3, 0.4) is 0 Å². The van der Waals surface area contributed by atoms with E-state index in [0.717, 1.165) is 18.4 Å². The molecule has 0 aromatic heterocycles. The highest BCUT2D eigenvalue weighted by Crippen LogP contribution is 2.46. The Kier molecular flexibility index (Phi) is 8.82. The van der Waals surface area contributed by atoms with Crippen LogP contribution in [0.2, 0.25) is 0 Å². The molecule has 0 aromatic carbocycles. The zero-order valence-electron chi connectivity index (χ0n) is 13.9. The molecule has 0 rings (SSSR count). The molecule has 0 aliphatic rings. The number of alkyl halides is 2. The molecule has 0 bridgehead atoms. The number of halogens is 2. The fourth-order valence-electron chi connectivity index (χ4n) is 1.75. The monoisotopic (exact) mass is 348 g/mol. The minimum Gasteiger partial charge on any atom is -0.806 e. The molecule has 4 nitrogen and oxygen atoms in total. The average Bonchev–Trinajstić information content (AvgIpc) is 2.36. The summed E-state index contributed by atoms with van der Waals surface area (Å²) in [6.45, 7) is 7.44. The second kappa shape index (κ2) is 9.26. The van der Waals surface area contributed by atoms with Crippen molar-refractivity contribution in [1.82, 2.24) is 0 Å². The molecule has 0 aliphatic carbocycles. The first-order chi connectivity index (χ1) is 10.4. The SMILES string of the molecule is CC(C)=CCC/C(C)=C/CC/C(C)=C/C(=O)C(F)(F)P(=O)([O-])[O-]. The largest absolute Gasteiger partial charge is 0.806 e. The highest BCUT2D eigenvalue weighted by atomic mass is 31.2. The van der Waals surface area contributed by atoms with E-state index < -0.39 is 19.0 Å². The van der Waals surface area contributed by atoms with Crippen LogP contribution in [0.4, 0.5) is 8.78 Å². The number of rotatable bonds is 9. The molecule has 0 aromatic rings. The average molecular weight is 348 g/mol. The molecule has 0 aliphatic heterocycles. The second-order valence-corrected chi connectivity index (χ2v) is 7.36. The van der Waals surface area contributed by atoms with Crippen LogP contribution < -0.4 is 9.79 Å². The van der Waals surface area contributed by atoms with Crippen LogP contribution in [0, 0.1) is 0 Å². The summed E-state index contributed by atoms with van der Waals surface area (Å²) in [5.41, 5.74) is -2.19. The molecule has 0 atom stereocenters. The summed E-state index contributed by atoms with van der Waals surface area (Å²) >= 11 is 0. The van der Waals surface area contributed by atoms with E-state index in [1.807, 2.05) is 26.8 Å². The van der Waals surface area contributed by atoms with E-state index in [1.165, 1.54) is 12.5 Å². The summed E-state index contributed by atoms with van der Waals surface area (Å²) in [7, 11) is -6.29. The second-order valence-electron chi connectivity index (χ2n) is 5.80. The summed E-state index contributed by atoms with van der Waals surface area (Å²) in [5.74, 6) is -1.98. The van der Waals surface area contributed by atoms with E-state index in [4.69, 9.17) is 0 Å². The van der Waals surface area contributed by atoms with E-state index in [-0.39, 0.29) is 0 Å². The van der Waals surface area contributed by atoms with Crippen molar-refractivity contribution in [2.75, 3.05) is 0 Å². The Bertz CT molecular complexity index is 552. The van der Waals surface area contributed by atoms with Crippen molar-refractivity contribution in [3.05, 3.63) is 34.9 Å². The van der Waals surface area contributed by atoms with Gasteiger partial charge < -0.3 is 14.4 Å². The van der Waals surface area contributed by atoms with Gasteiger partial charge in [-0.05, 0) is 59.5 Å². The predicted octanol–water partition coefficient (Wildman–Crippen LogP) is 3.48. The van der Waals surface area contributed by atoms with E-state index in [9.17, 15) is 27.9 Å². The minimum absolute atomic E-state index is 0.302. The fourth-order valence-corrected chi connectivity index (χ4v) is 2.09. The number of carbonyl (C=O) groups excluding carboxylic acids is 1. The van der Waals surface area contributed by atoms with Crippen molar-refractivity contribution in [2.45, 2.75) is 59.0 Å². The lowest BCUT2D eigenvalue weighted by Crippen LogP contribution is -2.37. The molecule has 0 N–H and O–H groups in total. The maximum absolute atomic E-state index is 13.0. The van der Waals surface area contributed by atoms with Crippen molar-refractivity contribution in [3.63, 3.8) is 0 Å². The number of allylic oxidation sites excluding steroid dienone is 6. The first-order valence-corrected chi connectivity index (χ1v) is 8.82. The van der Waals surface area contributed by atoms with Gasteiger partial charge in [-0.3, -0.25) is 4.79 Å². The molecule has 0 fully saturated rings. The Morgan fingerprint density at radius 2 is 1.48 bits per heavy atom. The molecule has 0 heterocycles. The summed E-state index contributed by atoms with van der Waals surface area (Å²) < 4.78 is 36.5. The van der Waals surface area contributed by atoms with Crippen molar-refractivity contribution < 1.29 is 27.9 Å². The lowest BCUT2D eigenvalue weighted by molar-refractivity contribution is -0.330. The maximum atomic E-state index is 13.0. The van der Waals surface area contributed by atoms with Gasteiger partial charge >= 0.3 is 5.66 Å². The standard InChI is InChI=1S/C16H25F2O4P/c1-12(2)7-5-8-13(3)9-6-10-14(4)11-15(19)16(17,18)23(20,21)22/h7,9,11H,5-6,8,10H2,1-4H3,(H2,20,21,22)/p-2/b13-9+,14-11+. The van der Waals surface area contributed by atoms with Crippen LogP contribution in [-0.4, -0.2) is 11.4 Å². The van der Waals surface area contributed by atoms with Crippen molar-refractivity contribution >= 4 is 13.4 Å². The predicted molar refractivity (Wildman–Crippen MR) is 83.0 cm³/mol. The third-order valence-electron chi connectivity index (χ3n) is 3.14. The van der Waals surface area contributed by atoms with Gasteiger partial charge in [-0.15, -0.1) is 0 Å². The first-order valence-electron chi connectivity index (χ1n) is 7.28. The maximum Gasteiger partial charge on any atom is 0.332 e. The fraction of sp³-hybridized carbons (Fsp3) is 0.562. The highest BCUT2D eigenvalue weighted by molar-refractivity contribution is 7.51. The summed E-state index contributed by atoms with van der Waals surface area (Å²) in [6.07, 6.45) is 7.30. The molecule has 7 heteroatoms. The van der Waals surface area contributed by atoms with Crippen LogP contribution in [0.1, 0.15) is 53.4 Å². The Morgan fingerprint density at radius 1 is 1.00 bits per heavy atom. The number of hydrogen-bond donors (Lipinski definition) is 0. The van der Waals surface area contributed by atoms with Gasteiger partial charge in [0, 0.05) is 7.60 Å². The smallest absolute Gasteiger partial charge is 0.332 e. The van der Waals surface area contributed by atoms with E-state index in [2.05, 4.69) is 6.08 Å². The van der Waals surface area contributed by atoms with Gasteiger partial charge in [-0.2, -0.15) is 8.78 Å². The molecule has 0 radical (unpaired) electrons. The molecule has 132 valence electrons. The highest BCUT2D eigenvalue weighted by Gasteiger charge is 2.41. The van der Waals surface area contributed by atoms with Gasteiger partial charge in [0.2, 0.25) is 5.78 Å². The number of ketones is 1. The number of carbonyl (C=O) groups is 1. The molecular weight excluding hydrogens is 325 g/mol. The van der Waals surface area contributed by atoms with Gasteiger partial charge in [-0.1, -0.05) is 28.9 Å². The topological polar surface area (TPSA) is 80.3 Å². The zero-order valence-corrected chi connectivity index (χ0v) is 14.8. The zero-order chi connectivity index (χ0) is 18.3. The molecular formula is C16H23F2O4P-2. The van der Waals surface area contributed by atoms with Crippen LogP contribution in [0.5, 0.6) is 0 Å². The lowest BCUT2D eigenvalue weighted by Gasteiger charge is -2.35. The Labute approximate surface area is 136 Å². The quantitative estimate of drug-likeness (QED) is 0.363. The molecule has 0 saturated heterocycles.